The molecule has 2 aromatic carbocycles. The predicted molar refractivity (Wildman–Crippen MR) is 149 cm³/mol. The van der Waals surface area contributed by atoms with Crippen molar-refractivity contribution >= 4 is 66.9 Å². The highest BCUT2D eigenvalue weighted by Gasteiger charge is 2.17. The van der Waals surface area contributed by atoms with Crippen molar-refractivity contribution in [2.45, 2.75) is 19.3 Å². The number of carbonyl (C=O) groups excluding carboxylic acids is 2. The summed E-state index contributed by atoms with van der Waals surface area (Å²) in [4.78, 5) is 35.3. The molecule has 0 aliphatic carbocycles. The van der Waals surface area contributed by atoms with E-state index in [9.17, 15) is 9.59 Å². The molecule has 0 bridgehead atoms. The highest BCUT2D eigenvalue weighted by molar-refractivity contribution is 9.10. The number of nitrogens with zero attached hydrogens (tertiary/aromatic N) is 3. The minimum Gasteiger partial charge on any atom is -0.369 e. The Morgan fingerprint density at radius 3 is 2.56 bits per heavy atom. The Morgan fingerprint density at radius 1 is 0.972 bits per heavy atom. The Balaban J connectivity index is 1.27. The van der Waals surface area contributed by atoms with Crippen LogP contribution in [0.1, 0.15) is 29.6 Å². The van der Waals surface area contributed by atoms with Gasteiger partial charge in [-0.3, -0.25) is 4.79 Å². The first-order valence-corrected chi connectivity index (χ1v) is 13.3. The van der Waals surface area contributed by atoms with E-state index in [1.54, 1.807) is 18.3 Å². The average Bonchev–Trinajstić information content (AvgIpc) is 3.41. The molecule has 0 spiro atoms. The van der Waals surface area contributed by atoms with E-state index in [-0.39, 0.29) is 11.9 Å². The Labute approximate surface area is 226 Å². The number of rotatable bonds is 9. The zero-order chi connectivity index (χ0) is 25.3. The number of aromatic nitrogens is 2. The lowest BCUT2D eigenvalue weighted by molar-refractivity contribution is 0.0953. The molecule has 36 heavy (non-hydrogen) atoms. The molecule has 0 unspecified atom stereocenters. The molecule has 2 heterocycles. The number of amides is 3. The number of halogens is 2. The molecular weight excluding hydrogens is 590 g/mol. The van der Waals surface area contributed by atoms with Gasteiger partial charge in [0.2, 0.25) is 5.95 Å². The molecule has 188 valence electrons. The second-order valence-electron chi connectivity index (χ2n) is 8.27. The van der Waals surface area contributed by atoms with Crippen LogP contribution in [0.5, 0.6) is 0 Å². The van der Waals surface area contributed by atoms with Crippen molar-refractivity contribution in [3.8, 4) is 0 Å². The Bertz CT molecular complexity index is 1220. The number of hydrogen-bond donors (Lipinski definition) is 4. The Morgan fingerprint density at radius 2 is 1.75 bits per heavy atom. The number of anilines is 4. The molecule has 0 radical (unpaired) electrons. The molecule has 1 aromatic heterocycles. The van der Waals surface area contributed by atoms with E-state index in [0.29, 0.717) is 36.1 Å². The number of hydrogen-bond acceptors (Lipinski definition) is 6. The summed E-state index contributed by atoms with van der Waals surface area (Å²) in [7, 11) is 0. The van der Waals surface area contributed by atoms with E-state index in [2.05, 4.69) is 63.1 Å². The third-order valence-corrected chi connectivity index (χ3v) is 6.60. The third kappa shape index (κ3) is 7.41. The first-order chi connectivity index (χ1) is 17.5. The molecule has 4 N–H and O–H groups in total. The fourth-order valence-corrected chi connectivity index (χ4v) is 4.44. The highest BCUT2D eigenvalue weighted by Crippen LogP contribution is 2.23. The minimum absolute atomic E-state index is 0.0798. The van der Waals surface area contributed by atoms with Gasteiger partial charge in [-0.1, -0.05) is 28.1 Å². The Kier molecular flexibility index (Phi) is 9.12. The second kappa shape index (κ2) is 12.7. The summed E-state index contributed by atoms with van der Waals surface area (Å²) >= 11 is 6.85. The summed E-state index contributed by atoms with van der Waals surface area (Å²) in [6.07, 6.45) is 4.49. The van der Waals surface area contributed by atoms with Gasteiger partial charge >= 0.3 is 6.03 Å². The van der Waals surface area contributed by atoms with Crippen LogP contribution in [0.15, 0.2) is 63.7 Å². The first kappa shape index (κ1) is 25.9. The van der Waals surface area contributed by atoms with Crippen molar-refractivity contribution in [2.24, 2.45) is 0 Å². The van der Waals surface area contributed by atoms with Gasteiger partial charge in [0.1, 0.15) is 5.82 Å². The maximum Gasteiger partial charge on any atom is 0.321 e. The van der Waals surface area contributed by atoms with Crippen LogP contribution in [0.2, 0.25) is 0 Å². The van der Waals surface area contributed by atoms with Crippen molar-refractivity contribution in [1.29, 1.82) is 0 Å². The third-order valence-electron chi connectivity index (χ3n) is 5.53. The normalized spacial score (nSPS) is 12.8. The monoisotopic (exact) mass is 615 g/mol. The first-order valence-electron chi connectivity index (χ1n) is 11.7. The van der Waals surface area contributed by atoms with Gasteiger partial charge in [0.25, 0.3) is 5.91 Å². The van der Waals surface area contributed by atoms with Crippen molar-refractivity contribution in [2.75, 3.05) is 42.1 Å². The molecule has 3 amide bonds. The molecule has 1 aliphatic heterocycles. The highest BCUT2D eigenvalue weighted by atomic mass is 79.9. The summed E-state index contributed by atoms with van der Waals surface area (Å²) in [5, 5.41) is 12.3. The summed E-state index contributed by atoms with van der Waals surface area (Å²) < 4.78 is 1.60. The number of benzene rings is 2. The number of nitrogens with one attached hydrogen (secondary N) is 4. The quantitative estimate of drug-likeness (QED) is 0.233. The van der Waals surface area contributed by atoms with Gasteiger partial charge < -0.3 is 26.2 Å². The van der Waals surface area contributed by atoms with Gasteiger partial charge in [0.15, 0.2) is 0 Å². The summed E-state index contributed by atoms with van der Waals surface area (Å²) in [5.41, 5.74) is 2.08. The standard InChI is InChI=1S/C25H27Br2N7O2/c26-18-7-3-6-17(14-18)23(35)29-11-5-10-28-22-21(27)16-30-24(33-22)31-19-8-4-9-20(15-19)32-25(36)34-12-1-2-13-34/h3-4,6-9,14-16H,1-2,5,10-13H2,(H,29,35)(H,32,36)(H2,28,30,31,33). The van der Waals surface area contributed by atoms with Crippen molar-refractivity contribution in [3.63, 3.8) is 0 Å². The largest absolute Gasteiger partial charge is 0.369 e. The maximum absolute atomic E-state index is 12.4. The molecule has 3 aromatic rings. The van der Waals surface area contributed by atoms with Crippen LogP contribution < -0.4 is 21.3 Å². The van der Waals surface area contributed by atoms with Gasteiger partial charge in [-0.15, -0.1) is 0 Å². The topological polar surface area (TPSA) is 111 Å². The SMILES string of the molecule is O=C(NCCCNc1nc(Nc2cccc(NC(=O)N3CCCC3)c2)ncc1Br)c1cccc(Br)c1. The lowest BCUT2D eigenvalue weighted by Gasteiger charge is -2.16. The van der Waals surface area contributed by atoms with Crippen LogP contribution in [0.3, 0.4) is 0 Å². The molecule has 0 saturated carbocycles. The van der Waals surface area contributed by atoms with E-state index in [1.165, 1.54) is 0 Å². The lowest BCUT2D eigenvalue weighted by Crippen LogP contribution is -2.32. The zero-order valence-electron chi connectivity index (χ0n) is 19.6. The molecule has 4 rings (SSSR count). The van der Waals surface area contributed by atoms with Crippen molar-refractivity contribution in [1.82, 2.24) is 20.2 Å². The molecule has 1 aliphatic rings. The predicted octanol–water partition coefficient (Wildman–Crippen LogP) is 5.60. The van der Waals surface area contributed by atoms with Gasteiger partial charge in [0, 0.05) is 53.8 Å². The molecule has 0 atom stereocenters. The van der Waals surface area contributed by atoms with Gasteiger partial charge in [0.05, 0.1) is 4.47 Å². The average molecular weight is 617 g/mol. The van der Waals surface area contributed by atoms with E-state index >= 15 is 0 Å². The van der Waals surface area contributed by atoms with Crippen molar-refractivity contribution in [3.05, 3.63) is 69.2 Å². The lowest BCUT2D eigenvalue weighted by atomic mass is 10.2. The van der Waals surface area contributed by atoms with Gasteiger partial charge in [-0.05, 0) is 71.6 Å². The van der Waals surface area contributed by atoms with Gasteiger partial charge in [-0.2, -0.15) is 4.98 Å². The van der Waals surface area contributed by atoms with E-state index in [4.69, 9.17) is 0 Å². The maximum atomic E-state index is 12.4. The van der Waals surface area contributed by atoms with Crippen molar-refractivity contribution < 1.29 is 9.59 Å². The van der Waals surface area contributed by atoms with Crippen LogP contribution in [-0.4, -0.2) is 53.0 Å². The smallest absolute Gasteiger partial charge is 0.321 e. The van der Waals surface area contributed by atoms with Crippen LogP contribution >= 0.6 is 31.9 Å². The van der Waals surface area contributed by atoms with Crippen LogP contribution in [0, 0.1) is 0 Å². The summed E-state index contributed by atoms with van der Waals surface area (Å²) in [5.74, 6) is 0.959. The fourth-order valence-electron chi connectivity index (χ4n) is 3.71. The zero-order valence-corrected chi connectivity index (χ0v) is 22.7. The second-order valence-corrected chi connectivity index (χ2v) is 10.0. The number of likely N-dealkylation sites (tertiary alicyclic amines) is 1. The summed E-state index contributed by atoms with van der Waals surface area (Å²) in [6, 6.07) is 14.7. The van der Waals surface area contributed by atoms with Crippen LogP contribution in [-0.2, 0) is 0 Å². The van der Waals surface area contributed by atoms with Crippen LogP contribution in [0.4, 0.5) is 27.9 Å². The Hall–Kier alpha value is -3.18. The molecule has 1 fully saturated rings. The minimum atomic E-state index is -0.107. The molecular formula is C25H27Br2N7O2. The van der Waals surface area contributed by atoms with E-state index in [0.717, 1.165) is 47.0 Å². The van der Waals surface area contributed by atoms with E-state index < -0.39 is 0 Å². The number of urea groups is 1. The van der Waals surface area contributed by atoms with Crippen LogP contribution in [0.25, 0.3) is 0 Å². The molecule has 1 saturated heterocycles. The van der Waals surface area contributed by atoms with Gasteiger partial charge in [-0.25, -0.2) is 9.78 Å². The van der Waals surface area contributed by atoms with E-state index in [1.807, 2.05) is 41.3 Å². The number of carbonyl (C=O) groups is 2. The summed E-state index contributed by atoms with van der Waals surface area (Å²) in [6.45, 7) is 2.74. The molecule has 9 nitrogen and oxygen atoms in total. The fraction of sp³-hybridized carbons (Fsp3) is 0.280. The molecule has 11 heteroatoms.